The number of thioether (sulfide) groups is 1. The molecular formula is C20H23N7O7S. The van der Waals surface area contributed by atoms with Crippen LogP contribution >= 0.6 is 11.8 Å². The summed E-state index contributed by atoms with van der Waals surface area (Å²) in [6.07, 6.45) is -0.898. The molecule has 2 aromatic rings. The van der Waals surface area contributed by atoms with Gasteiger partial charge in [0.15, 0.2) is 5.16 Å². The van der Waals surface area contributed by atoms with Crippen LogP contribution < -0.4 is 25.4 Å². The Morgan fingerprint density at radius 2 is 2.03 bits per heavy atom. The normalized spacial score (nSPS) is 13.4. The lowest BCUT2D eigenvalue weighted by Gasteiger charge is -2.17. The van der Waals surface area contributed by atoms with E-state index in [9.17, 15) is 24.8 Å². The number of carbonyl (C=O) groups is 2. The number of nitrogens with two attached hydrogens (primary N) is 1. The Bertz CT molecular complexity index is 1190. The molecule has 1 aromatic carbocycles. The molecule has 14 nitrogen and oxygen atoms in total. The number of nitrogens with zero attached hydrogens (tertiary/aromatic N) is 5. The number of carboxylic acid groups (broad SMARTS) is 1. The highest BCUT2D eigenvalue weighted by molar-refractivity contribution is 7.98. The summed E-state index contributed by atoms with van der Waals surface area (Å²) in [5.41, 5.74) is 5.72. The number of benzene rings is 1. The van der Waals surface area contributed by atoms with Gasteiger partial charge in [0.25, 0.3) is 0 Å². The van der Waals surface area contributed by atoms with Gasteiger partial charge in [0.05, 0.1) is 17.9 Å². The summed E-state index contributed by atoms with van der Waals surface area (Å²) >= 11 is 1.03. The quantitative estimate of drug-likeness (QED) is 0.170. The number of aromatic nitrogens is 2. The van der Waals surface area contributed by atoms with Gasteiger partial charge < -0.3 is 30.5 Å². The average molecular weight is 506 g/mol. The molecule has 1 amide bonds. The fourth-order valence-electron chi connectivity index (χ4n) is 3.03. The Hall–Kier alpha value is -4.14. The first-order valence-electron chi connectivity index (χ1n) is 10.2. The number of aliphatic imine (C=N–C) groups is 1. The van der Waals surface area contributed by atoms with Crippen molar-refractivity contribution in [1.29, 1.82) is 0 Å². The van der Waals surface area contributed by atoms with E-state index in [0.717, 1.165) is 17.4 Å². The second-order valence-corrected chi connectivity index (χ2v) is 8.18. The van der Waals surface area contributed by atoms with Crippen molar-refractivity contribution in [3.63, 3.8) is 0 Å². The van der Waals surface area contributed by atoms with E-state index < -0.39 is 46.8 Å². The number of amides is 1. The molecule has 186 valence electrons. The van der Waals surface area contributed by atoms with Crippen LogP contribution in [0.2, 0.25) is 0 Å². The standard InChI is InChI=1S/C20H23N7O7S/c1-26(2)11-6-10(16-22-4-5-23-16)7-12(8-11)33-17-15(27(31)32)18(25-20(24-17)35-3)34-13(19(29)30)9-14(21)28/h6-8,13H,4-5,9H2,1-3H3,(H2,21,28)(H,22,23)(H,29,30). The van der Waals surface area contributed by atoms with Crippen LogP contribution in [0.1, 0.15) is 12.0 Å². The smallest absolute Gasteiger partial charge is 0.392 e. The zero-order chi connectivity index (χ0) is 25.7. The first-order valence-corrected chi connectivity index (χ1v) is 11.4. The number of hydrogen-bond donors (Lipinski definition) is 3. The molecule has 4 N–H and O–H groups in total. The number of carboxylic acids is 1. The Morgan fingerprint density at radius 1 is 1.31 bits per heavy atom. The third-order valence-electron chi connectivity index (χ3n) is 4.65. The largest absolute Gasteiger partial charge is 0.478 e. The second-order valence-electron chi connectivity index (χ2n) is 7.41. The summed E-state index contributed by atoms with van der Waals surface area (Å²) < 4.78 is 11.1. The molecule has 0 saturated heterocycles. The van der Waals surface area contributed by atoms with Crippen molar-refractivity contribution in [2.24, 2.45) is 10.7 Å². The predicted octanol–water partition coefficient (Wildman–Crippen LogP) is 1.02. The lowest BCUT2D eigenvalue weighted by molar-refractivity contribution is -0.387. The number of ether oxygens (including phenoxy) is 2. The SMILES string of the molecule is CSc1nc(Oc2cc(C3=NCCN3)cc(N(C)C)c2)c([N+](=O)[O-])c(OC(CC(N)=O)C(=O)O)n1. The van der Waals surface area contributed by atoms with Gasteiger partial charge in [-0.05, 0) is 18.4 Å². The Morgan fingerprint density at radius 3 is 2.57 bits per heavy atom. The van der Waals surface area contributed by atoms with E-state index >= 15 is 0 Å². The van der Waals surface area contributed by atoms with Gasteiger partial charge in [0.2, 0.25) is 12.0 Å². The second kappa shape index (κ2) is 10.9. The molecule has 0 bridgehead atoms. The number of rotatable bonds is 11. The van der Waals surface area contributed by atoms with Crippen molar-refractivity contribution in [3.05, 3.63) is 33.9 Å². The molecule has 0 fully saturated rings. The molecule has 1 atom stereocenters. The van der Waals surface area contributed by atoms with E-state index in [2.05, 4.69) is 20.3 Å². The molecule has 1 aliphatic heterocycles. The number of anilines is 1. The number of primary amides is 1. The van der Waals surface area contributed by atoms with Crippen LogP contribution in [0.25, 0.3) is 0 Å². The molecule has 0 spiro atoms. The maximum atomic E-state index is 11.9. The minimum atomic E-state index is -1.79. The number of nitro groups is 1. The van der Waals surface area contributed by atoms with Crippen molar-refractivity contribution in [1.82, 2.24) is 15.3 Å². The zero-order valence-corrected chi connectivity index (χ0v) is 19.9. The maximum absolute atomic E-state index is 11.9. The van der Waals surface area contributed by atoms with E-state index in [4.69, 9.17) is 15.2 Å². The first-order chi connectivity index (χ1) is 16.6. The summed E-state index contributed by atoms with van der Waals surface area (Å²) in [4.78, 5) is 48.1. The highest BCUT2D eigenvalue weighted by Crippen LogP contribution is 2.39. The fraction of sp³-hybridized carbons (Fsp3) is 0.350. The van der Waals surface area contributed by atoms with Gasteiger partial charge in [-0.15, -0.1) is 0 Å². The number of aliphatic carboxylic acids is 1. The van der Waals surface area contributed by atoms with Crippen LogP contribution in [0.15, 0.2) is 28.3 Å². The zero-order valence-electron chi connectivity index (χ0n) is 19.0. The van der Waals surface area contributed by atoms with Crippen LogP contribution in [0.4, 0.5) is 11.4 Å². The van der Waals surface area contributed by atoms with Crippen LogP contribution in [0, 0.1) is 10.1 Å². The van der Waals surface area contributed by atoms with Crippen LogP contribution in [0.5, 0.6) is 17.5 Å². The van der Waals surface area contributed by atoms with Gasteiger partial charge in [-0.25, -0.2) is 4.79 Å². The van der Waals surface area contributed by atoms with E-state index in [1.807, 2.05) is 25.1 Å². The van der Waals surface area contributed by atoms with E-state index in [1.165, 1.54) is 0 Å². The molecule has 2 heterocycles. The van der Waals surface area contributed by atoms with Crippen molar-refractivity contribution in [3.8, 4) is 17.5 Å². The number of hydrogen-bond acceptors (Lipinski definition) is 12. The molecule has 3 rings (SSSR count). The van der Waals surface area contributed by atoms with Crippen LogP contribution in [-0.2, 0) is 9.59 Å². The lowest BCUT2D eigenvalue weighted by Crippen LogP contribution is -2.32. The maximum Gasteiger partial charge on any atom is 0.392 e. The molecule has 0 aliphatic carbocycles. The summed E-state index contributed by atoms with van der Waals surface area (Å²) in [5, 5.41) is 24.5. The Labute approximate surface area is 203 Å². The molecule has 15 heteroatoms. The average Bonchev–Trinajstić information content (AvgIpc) is 3.32. The molecule has 0 radical (unpaired) electrons. The molecule has 35 heavy (non-hydrogen) atoms. The van der Waals surface area contributed by atoms with E-state index in [0.29, 0.717) is 24.5 Å². The highest BCUT2D eigenvalue weighted by Gasteiger charge is 2.33. The fourth-order valence-corrected chi connectivity index (χ4v) is 3.38. The highest BCUT2D eigenvalue weighted by atomic mass is 32.2. The van der Waals surface area contributed by atoms with Crippen molar-refractivity contribution in [2.75, 3.05) is 38.3 Å². The Balaban J connectivity index is 2.09. The first kappa shape index (κ1) is 25.5. The van der Waals surface area contributed by atoms with Crippen molar-refractivity contribution in [2.45, 2.75) is 17.7 Å². The van der Waals surface area contributed by atoms with Gasteiger partial charge in [0, 0.05) is 38.0 Å². The predicted molar refractivity (Wildman–Crippen MR) is 127 cm³/mol. The number of amidine groups is 1. The topological polar surface area (TPSA) is 195 Å². The van der Waals surface area contributed by atoms with Gasteiger partial charge in [-0.3, -0.25) is 19.9 Å². The molecule has 1 unspecified atom stereocenters. The summed E-state index contributed by atoms with van der Waals surface area (Å²) in [7, 11) is 3.64. The number of nitrogens with one attached hydrogen (secondary N) is 1. The third-order valence-corrected chi connectivity index (χ3v) is 5.20. The van der Waals surface area contributed by atoms with E-state index in [1.54, 1.807) is 18.4 Å². The lowest BCUT2D eigenvalue weighted by atomic mass is 10.1. The Kier molecular flexibility index (Phi) is 7.91. The van der Waals surface area contributed by atoms with Gasteiger partial charge in [-0.2, -0.15) is 9.97 Å². The van der Waals surface area contributed by atoms with Crippen LogP contribution in [0.3, 0.4) is 0 Å². The summed E-state index contributed by atoms with van der Waals surface area (Å²) in [6.45, 7) is 1.30. The monoisotopic (exact) mass is 505 g/mol. The minimum absolute atomic E-state index is 0.0228. The molecule has 0 saturated carbocycles. The van der Waals surface area contributed by atoms with Crippen LogP contribution in [-0.4, -0.2) is 77.3 Å². The van der Waals surface area contributed by atoms with E-state index in [-0.39, 0.29) is 10.9 Å². The summed E-state index contributed by atoms with van der Waals surface area (Å²) in [5.74, 6) is -2.76. The molecule has 1 aliphatic rings. The molecular weight excluding hydrogens is 482 g/mol. The molecule has 1 aromatic heterocycles. The summed E-state index contributed by atoms with van der Waals surface area (Å²) in [6, 6.07) is 5.17. The number of carbonyl (C=O) groups excluding carboxylic acids is 1. The van der Waals surface area contributed by atoms with Crippen molar-refractivity contribution >= 4 is 40.8 Å². The van der Waals surface area contributed by atoms with Gasteiger partial charge >= 0.3 is 23.4 Å². The van der Waals surface area contributed by atoms with Crippen molar-refractivity contribution < 1.29 is 29.1 Å². The van der Waals surface area contributed by atoms with Gasteiger partial charge in [-0.1, -0.05) is 11.8 Å². The van der Waals surface area contributed by atoms with Gasteiger partial charge in [0.1, 0.15) is 11.6 Å². The third kappa shape index (κ3) is 6.26. The minimum Gasteiger partial charge on any atom is -0.478 e.